The van der Waals surface area contributed by atoms with Gasteiger partial charge in [0.25, 0.3) is 0 Å². The van der Waals surface area contributed by atoms with Crippen LogP contribution in [0.1, 0.15) is 19.0 Å². The number of hydrogen-bond donors (Lipinski definition) is 1. The summed E-state index contributed by atoms with van der Waals surface area (Å²) in [6.45, 7) is 2.08. The van der Waals surface area contributed by atoms with E-state index in [1.165, 1.54) is 6.33 Å². The van der Waals surface area contributed by atoms with Crippen molar-refractivity contribution < 1.29 is 62.3 Å². The minimum Gasteiger partial charge on any atom is -1.00 e. The molecule has 1 aromatic heterocycles. The van der Waals surface area contributed by atoms with Crippen molar-refractivity contribution in [2.75, 3.05) is 6.61 Å². The van der Waals surface area contributed by atoms with Gasteiger partial charge in [0, 0.05) is 0 Å². The van der Waals surface area contributed by atoms with Gasteiger partial charge in [-0.2, -0.15) is 5.10 Å². The van der Waals surface area contributed by atoms with Crippen molar-refractivity contribution in [1.29, 1.82) is 0 Å². The first-order valence-electron chi connectivity index (χ1n) is 2.87. The summed E-state index contributed by atoms with van der Waals surface area (Å²) in [5.41, 5.74) is 0. The van der Waals surface area contributed by atoms with Crippen LogP contribution in [-0.2, 0) is 4.74 Å². The number of rotatable bonds is 2. The van der Waals surface area contributed by atoms with Gasteiger partial charge in [-0.25, -0.2) is 9.78 Å². The maximum atomic E-state index is 10.7. The molecular formula is C5H8KN3O2. The molecule has 0 radical (unpaired) electrons. The third-order valence-corrected chi connectivity index (χ3v) is 0.884. The van der Waals surface area contributed by atoms with E-state index in [0.717, 1.165) is 0 Å². The fourth-order valence-electron chi connectivity index (χ4n) is 0.503. The maximum absolute atomic E-state index is 10.7. The van der Waals surface area contributed by atoms with Crippen molar-refractivity contribution in [3.63, 3.8) is 0 Å². The van der Waals surface area contributed by atoms with Gasteiger partial charge in [-0.05, 0) is 6.92 Å². The summed E-state index contributed by atoms with van der Waals surface area (Å²) in [6, 6.07) is 0. The van der Waals surface area contributed by atoms with E-state index in [-0.39, 0.29) is 58.6 Å². The minimum atomic E-state index is -0.472. The molecule has 1 aromatic rings. The molecule has 11 heavy (non-hydrogen) atoms. The number of H-pyrrole nitrogens is 1. The number of nitrogens with zero attached hydrogens (tertiary/aromatic N) is 2. The van der Waals surface area contributed by atoms with Gasteiger partial charge in [-0.1, -0.05) is 0 Å². The van der Waals surface area contributed by atoms with Gasteiger partial charge >= 0.3 is 57.4 Å². The van der Waals surface area contributed by atoms with Crippen LogP contribution in [0.2, 0.25) is 0 Å². The average molecular weight is 181 g/mol. The molecule has 6 heteroatoms. The van der Waals surface area contributed by atoms with Crippen LogP contribution < -0.4 is 51.4 Å². The second-order valence-corrected chi connectivity index (χ2v) is 1.55. The van der Waals surface area contributed by atoms with Crippen LogP contribution >= 0.6 is 0 Å². The van der Waals surface area contributed by atoms with Gasteiger partial charge in [0.15, 0.2) is 0 Å². The molecule has 56 valence electrons. The molecule has 1 N–H and O–H groups in total. The van der Waals surface area contributed by atoms with E-state index in [4.69, 9.17) is 0 Å². The first-order valence-corrected chi connectivity index (χ1v) is 2.87. The van der Waals surface area contributed by atoms with Crippen molar-refractivity contribution in [2.45, 2.75) is 6.92 Å². The summed E-state index contributed by atoms with van der Waals surface area (Å²) in [6.07, 6.45) is 1.26. The molecule has 0 aliphatic carbocycles. The second kappa shape index (κ2) is 5.84. The molecule has 0 saturated carbocycles. The Balaban J connectivity index is 0. The van der Waals surface area contributed by atoms with Gasteiger partial charge in [0.1, 0.15) is 6.33 Å². The SMILES string of the molecule is CCOC(=O)c1ncn[nH]1.[H-].[K+]. The van der Waals surface area contributed by atoms with Gasteiger partial charge in [0.05, 0.1) is 6.61 Å². The van der Waals surface area contributed by atoms with E-state index in [1.54, 1.807) is 6.92 Å². The average Bonchev–Trinajstić information content (AvgIpc) is 2.38. The Morgan fingerprint density at radius 2 is 2.64 bits per heavy atom. The number of carbonyl (C=O) groups is 1. The Morgan fingerprint density at radius 3 is 3.09 bits per heavy atom. The Hall–Kier alpha value is 0.246. The molecule has 5 nitrogen and oxygen atoms in total. The number of hydrogen-bond acceptors (Lipinski definition) is 4. The number of aromatic amines is 1. The predicted molar refractivity (Wildman–Crippen MR) is 33.5 cm³/mol. The zero-order valence-corrected chi connectivity index (χ0v) is 9.62. The normalized spacial score (nSPS) is 8.45. The molecule has 0 spiro atoms. The Morgan fingerprint density at radius 1 is 1.91 bits per heavy atom. The second-order valence-electron chi connectivity index (χ2n) is 1.55. The molecule has 1 heterocycles. The minimum absolute atomic E-state index is 0. The van der Waals surface area contributed by atoms with E-state index in [0.29, 0.717) is 6.61 Å². The van der Waals surface area contributed by atoms with Crippen LogP contribution in [0.4, 0.5) is 0 Å². The van der Waals surface area contributed by atoms with Gasteiger partial charge in [-0.15, -0.1) is 0 Å². The van der Waals surface area contributed by atoms with E-state index in [1.807, 2.05) is 0 Å². The van der Waals surface area contributed by atoms with Crippen LogP contribution in [0.5, 0.6) is 0 Å². The third kappa shape index (κ3) is 3.43. The van der Waals surface area contributed by atoms with E-state index < -0.39 is 5.97 Å². The summed E-state index contributed by atoms with van der Waals surface area (Å²) in [5.74, 6) is -0.332. The van der Waals surface area contributed by atoms with Crippen molar-refractivity contribution >= 4 is 5.97 Å². The molecule has 0 aromatic carbocycles. The summed E-state index contributed by atoms with van der Waals surface area (Å²) in [4.78, 5) is 14.3. The van der Waals surface area contributed by atoms with Crippen molar-refractivity contribution in [3.8, 4) is 0 Å². The molecular weight excluding hydrogens is 173 g/mol. The number of ether oxygens (including phenoxy) is 1. The maximum Gasteiger partial charge on any atom is 1.00 e. The fraction of sp³-hybridized carbons (Fsp3) is 0.400. The topological polar surface area (TPSA) is 67.9 Å². The molecule has 1 rings (SSSR count). The summed E-state index contributed by atoms with van der Waals surface area (Å²) >= 11 is 0. The number of nitrogens with one attached hydrogen (secondary N) is 1. The van der Waals surface area contributed by atoms with Crippen LogP contribution in [0, 0.1) is 0 Å². The van der Waals surface area contributed by atoms with E-state index in [2.05, 4.69) is 19.9 Å². The molecule has 0 saturated heterocycles. The van der Waals surface area contributed by atoms with Crippen LogP contribution in [-0.4, -0.2) is 27.8 Å². The number of esters is 1. The number of aromatic nitrogens is 3. The molecule has 0 aliphatic rings. The Bertz CT molecular complexity index is 216. The third-order valence-electron chi connectivity index (χ3n) is 0.884. The quantitative estimate of drug-likeness (QED) is 0.392. The molecule has 0 bridgehead atoms. The molecule has 0 unspecified atom stereocenters. The Kier molecular flexibility index (Phi) is 5.97. The van der Waals surface area contributed by atoms with Gasteiger partial charge < -0.3 is 6.16 Å². The first-order chi connectivity index (χ1) is 4.84. The van der Waals surface area contributed by atoms with Crippen molar-refractivity contribution in [3.05, 3.63) is 12.2 Å². The van der Waals surface area contributed by atoms with Crippen LogP contribution in [0.3, 0.4) is 0 Å². The molecule has 0 fully saturated rings. The van der Waals surface area contributed by atoms with Crippen molar-refractivity contribution in [2.24, 2.45) is 0 Å². The van der Waals surface area contributed by atoms with Crippen LogP contribution in [0.25, 0.3) is 0 Å². The first kappa shape index (κ1) is 11.2. The standard InChI is InChI=1S/C5H7N3O2.K.H/c1-2-10-5(9)4-6-3-7-8-4;;/h3H,2H2,1H3,(H,6,7,8);;/q;+1;-1. The zero-order chi connectivity index (χ0) is 7.40. The fourth-order valence-corrected chi connectivity index (χ4v) is 0.503. The predicted octanol–water partition coefficient (Wildman–Crippen LogP) is -2.90. The van der Waals surface area contributed by atoms with E-state index >= 15 is 0 Å². The number of carbonyl (C=O) groups excluding carboxylic acids is 1. The summed E-state index contributed by atoms with van der Waals surface area (Å²) < 4.78 is 4.61. The smallest absolute Gasteiger partial charge is 1.00 e. The van der Waals surface area contributed by atoms with Gasteiger partial charge in [-0.3, -0.25) is 5.10 Å². The van der Waals surface area contributed by atoms with Crippen molar-refractivity contribution in [1.82, 2.24) is 15.2 Å². The molecule has 0 aliphatic heterocycles. The Labute approximate surface area is 108 Å². The molecule has 0 amide bonds. The largest absolute Gasteiger partial charge is 1.00 e. The zero-order valence-electron chi connectivity index (χ0n) is 7.50. The monoisotopic (exact) mass is 181 g/mol. The summed E-state index contributed by atoms with van der Waals surface area (Å²) in [5, 5.41) is 5.87. The summed E-state index contributed by atoms with van der Waals surface area (Å²) in [7, 11) is 0. The van der Waals surface area contributed by atoms with Gasteiger partial charge in [0.2, 0.25) is 5.82 Å². The van der Waals surface area contributed by atoms with Crippen LogP contribution in [0.15, 0.2) is 6.33 Å². The van der Waals surface area contributed by atoms with E-state index in [9.17, 15) is 4.79 Å². The molecule has 0 atom stereocenters.